The summed E-state index contributed by atoms with van der Waals surface area (Å²) in [5, 5.41) is 12.0. The van der Waals surface area contributed by atoms with Crippen molar-refractivity contribution in [3.05, 3.63) is 24.3 Å². The quantitative estimate of drug-likeness (QED) is 0.798. The van der Waals surface area contributed by atoms with Gasteiger partial charge in [0.2, 0.25) is 0 Å². The minimum Gasteiger partial charge on any atom is -0.490 e. The number of carboxylic acid groups (broad SMARTS) is 1. The number of rotatable bonds is 7. The Hall–Kier alpha value is -1.71. The summed E-state index contributed by atoms with van der Waals surface area (Å²) in [7, 11) is 0. The van der Waals surface area contributed by atoms with Crippen molar-refractivity contribution in [1.82, 2.24) is 0 Å². The zero-order valence-electron chi connectivity index (χ0n) is 12.0. The molecule has 0 bridgehead atoms. The van der Waals surface area contributed by atoms with Gasteiger partial charge in [-0.2, -0.15) is 0 Å². The molecule has 1 fully saturated rings. The fraction of sp³-hybridized carbons (Fsp3) is 0.562. The maximum absolute atomic E-state index is 10.5. The second-order valence-electron chi connectivity index (χ2n) is 5.53. The van der Waals surface area contributed by atoms with Crippen LogP contribution in [-0.4, -0.2) is 23.2 Å². The van der Waals surface area contributed by atoms with Crippen LogP contribution >= 0.6 is 0 Å². The van der Waals surface area contributed by atoms with Gasteiger partial charge in [0, 0.05) is 18.2 Å². The van der Waals surface area contributed by atoms with Gasteiger partial charge >= 0.3 is 5.97 Å². The molecule has 1 aromatic carbocycles. The van der Waals surface area contributed by atoms with Gasteiger partial charge in [-0.1, -0.05) is 0 Å². The molecule has 20 heavy (non-hydrogen) atoms. The minimum absolute atomic E-state index is 0.146. The van der Waals surface area contributed by atoms with E-state index in [-0.39, 0.29) is 12.5 Å². The predicted molar refractivity (Wildman–Crippen MR) is 79.3 cm³/mol. The molecular formula is C16H23NO3. The average molecular weight is 277 g/mol. The monoisotopic (exact) mass is 277 g/mol. The second kappa shape index (κ2) is 7.17. The summed E-state index contributed by atoms with van der Waals surface area (Å²) in [4.78, 5) is 10.5. The van der Waals surface area contributed by atoms with Crippen LogP contribution in [0.5, 0.6) is 5.75 Å². The molecule has 1 atom stereocenters. The normalized spacial score (nSPS) is 16.9. The number of anilines is 1. The summed E-state index contributed by atoms with van der Waals surface area (Å²) in [6, 6.07) is 8.07. The molecule has 2 N–H and O–H groups in total. The predicted octanol–water partition coefficient (Wildman–Crippen LogP) is 3.67. The molecule has 0 amide bonds. The fourth-order valence-corrected chi connectivity index (χ4v) is 2.53. The van der Waals surface area contributed by atoms with E-state index in [0.29, 0.717) is 12.5 Å². The van der Waals surface area contributed by atoms with Crippen LogP contribution in [0, 0.1) is 0 Å². The van der Waals surface area contributed by atoms with Crippen LogP contribution in [-0.2, 0) is 4.79 Å². The third-order valence-corrected chi connectivity index (χ3v) is 3.66. The molecule has 1 aliphatic carbocycles. The van der Waals surface area contributed by atoms with E-state index in [9.17, 15) is 4.79 Å². The van der Waals surface area contributed by atoms with Crippen LogP contribution < -0.4 is 10.1 Å². The molecule has 0 radical (unpaired) electrons. The highest BCUT2D eigenvalue weighted by Gasteiger charge is 2.16. The van der Waals surface area contributed by atoms with Crippen LogP contribution in [0.2, 0.25) is 0 Å². The van der Waals surface area contributed by atoms with Crippen LogP contribution in [0.4, 0.5) is 5.69 Å². The maximum Gasteiger partial charge on any atom is 0.303 e. The molecule has 110 valence electrons. The standard InChI is InChI=1S/C16H23NO3/c1-12(6-11-16(18)19)17-13-7-9-15(10-8-13)20-14-4-2-3-5-14/h7-10,12,14,17H,2-6,11H2,1H3,(H,18,19). The molecule has 2 rings (SSSR count). The number of hydrogen-bond donors (Lipinski definition) is 2. The summed E-state index contributed by atoms with van der Waals surface area (Å²) in [6.07, 6.45) is 6.05. The van der Waals surface area contributed by atoms with E-state index < -0.39 is 5.97 Å². The molecule has 4 nitrogen and oxygen atoms in total. The van der Waals surface area contributed by atoms with Gasteiger partial charge in [-0.05, 0) is 63.3 Å². The molecule has 1 saturated carbocycles. The van der Waals surface area contributed by atoms with Gasteiger partial charge in [0.15, 0.2) is 0 Å². The lowest BCUT2D eigenvalue weighted by atomic mass is 10.1. The molecule has 0 spiro atoms. The van der Waals surface area contributed by atoms with Gasteiger partial charge in [-0.3, -0.25) is 4.79 Å². The molecule has 0 saturated heterocycles. The first kappa shape index (κ1) is 14.7. The summed E-state index contributed by atoms with van der Waals surface area (Å²) in [6.45, 7) is 1.99. The van der Waals surface area contributed by atoms with Crippen molar-refractivity contribution in [2.75, 3.05) is 5.32 Å². The third-order valence-electron chi connectivity index (χ3n) is 3.66. The van der Waals surface area contributed by atoms with E-state index in [1.807, 2.05) is 31.2 Å². The van der Waals surface area contributed by atoms with Gasteiger partial charge in [0.05, 0.1) is 6.10 Å². The molecule has 4 heteroatoms. The number of nitrogens with one attached hydrogen (secondary N) is 1. The van der Waals surface area contributed by atoms with Gasteiger partial charge in [0.1, 0.15) is 5.75 Å². The number of carboxylic acids is 1. The number of aliphatic carboxylic acids is 1. The smallest absolute Gasteiger partial charge is 0.303 e. The molecule has 0 aromatic heterocycles. The van der Waals surface area contributed by atoms with Crippen molar-refractivity contribution in [3.8, 4) is 5.75 Å². The van der Waals surface area contributed by atoms with E-state index in [1.54, 1.807) is 0 Å². The Balaban J connectivity index is 1.79. The van der Waals surface area contributed by atoms with Crippen LogP contribution in [0.3, 0.4) is 0 Å². The average Bonchev–Trinajstić information content (AvgIpc) is 2.92. The topological polar surface area (TPSA) is 58.6 Å². The first-order chi connectivity index (χ1) is 9.63. The van der Waals surface area contributed by atoms with Gasteiger partial charge in [-0.25, -0.2) is 0 Å². The molecule has 1 aliphatic rings. The highest BCUT2D eigenvalue weighted by molar-refractivity contribution is 5.66. The summed E-state index contributed by atoms with van der Waals surface area (Å²) in [5.74, 6) is 0.166. The Bertz CT molecular complexity index is 424. The summed E-state index contributed by atoms with van der Waals surface area (Å²) in [5.41, 5.74) is 1.00. The van der Waals surface area contributed by atoms with Crippen molar-refractivity contribution < 1.29 is 14.6 Å². The SMILES string of the molecule is CC(CCC(=O)O)Nc1ccc(OC2CCCC2)cc1. The van der Waals surface area contributed by atoms with Crippen molar-refractivity contribution >= 4 is 11.7 Å². The van der Waals surface area contributed by atoms with E-state index in [2.05, 4.69) is 5.32 Å². The lowest BCUT2D eigenvalue weighted by Crippen LogP contribution is -2.16. The van der Waals surface area contributed by atoms with Crippen LogP contribution in [0.15, 0.2) is 24.3 Å². The fourth-order valence-electron chi connectivity index (χ4n) is 2.53. The molecule has 0 aliphatic heterocycles. The lowest BCUT2D eigenvalue weighted by molar-refractivity contribution is -0.137. The Morgan fingerprint density at radius 3 is 2.60 bits per heavy atom. The van der Waals surface area contributed by atoms with Crippen molar-refractivity contribution in [1.29, 1.82) is 0 Å². The first-order valence-electron chi connectivity index (χ1n) is 7.38. The number of carbonyl (C=O) groups is 1. The third kappa shape index (κ3) is 4.76. The van der Waals surface area contributed by atoms with E-state index in [0.717, 1.165) is 24.3 Å². The lowest BCUT2D eigenvalue weighted by Gasteiger charge is -2.16. The number of hydrogen-bond acceptors (Lipinski definition) is 3. The molecule has 1 unspecified atom stereocenters. The Labute approximate surface area is 120 Å². The molecular weight excluding hydrogens is 254 g/mol. The van der Waals surface area contributed by atoms with Crippen molar-refractivity contribution in [2.45, 2.75) is 57.6 Å². The highest BCUT2D eigenvalue weighted by Crippen LogP contribution is 2.25. The minimum atomic E-state index is -0.751. The zero-order chi connectivity index (χ0) is 14.4. The zero-order valence-corrected chi connectivity index (χ0v) is 12.0. The van der Waals surface area contributed by atoms with Crippen LogP contribution in [0.1, 0.15) is 45.4 Å². The first-order valence-corrected chi connectivity index (χ1v) is 7.38. The van der Waals surface area contributed by atoms with E-state index in [1.165, 1.54) is 12.8 Å². The van der Waals surface area contributed by atoms with Gasteiger partial charge in [0.25, 0.3) is 0 Å². The summed E-state index contributed by atoms with van der Waals surface area (Å²) >= 11 is 0. The second-order valence-corrected chi connectivity index (χ2v) is 5.53. The Morgan fingerprint density at radius 1 is 1.35 bits per heavy atom. The van der Waals surface area contributed by atoms with Gasteiger partial charge in [-0.15, -0.1) is 0 Å². The largest absolute Gasteiger partial charge is 0.490 e. The molecule has 0 heterocycles. The van der Waals surface area contributed by atoms with Crippen molar-refractivity contribution in [2.24, 2.45) is 0 Å². The Kier molecular flexibility index (Phi) is 5.27. The van der Waals surface area contributed by atoms with E-state index in [4.69, 9.17) is 9.84 Å². The maximum atomic E-state index is 10.5. The Morgan fingerprint density at radius 2 is 2.00 bits per heavy atom. The number of ether oxygens (including phenoxy) is 1. The van der Waals surface area contributed by atoms with Gasteiger partial charge < -0.3 is 15.2 Å². The molecule has 1 aromatic rings. The summed E-state index contributed by atoms with van der Waals surface area (Å²) < 4.78 is 5.91. The highest BCUT2D eigenvalue weighted by atomic mass is 16.5. The van der Waals surface area contributed by atoms with Crippen LogP contribution in [0.25, 0.3) is 0 Å². The van der Waals surface area contributed by atoms with E-state index >= 15 is 0 Å². The van der Waals surface area contributed by atoms with Crippen molar-refractivity contribution in [3.63, 3.8) is 0 Å². The number of benzene rings is 1.